The van der Waals surface area contributed by atoms with Crippen molar-refractivity contribution in [3.05, 3.63) is 0 Å². The molecular formula is C6H15NS. The summed E-state index contributed by atoms with van der Waals surface area (Å²) in [6.07, 6.45) is 2.14. The second kappa shape index (κ2) is 3.36. The number of nitrogens with one attached hydrogen (secondary N) is 1. The highest BCUT2D eigenvalue weighted by Gasteiger charge is 2.12. The Balaban J connectivity index is 3.37. The van der Waals surface area contributed by atoms with Crippen LogP contribution in [0.1, 0.15) is 13.8 Å². The second-order valence-electron chi connectivity index (χ2n) is 2.49. The first-order valence-corrected chi connectivity index (χ1v) is 4.04. The summed E-state index contributed by atoms with van der Waals surface area (Å²) < 4.78 is 0.398. The van der Waals surface area contributed by atoms with Crippen LogP contribution >= 0.6 is 11.8 Å². The van der Waals surface area contributed by atoms with Crippen molar-refractivity contribution < 1.29 is 0 Å². The first kappa shape index (κ1) is 8.31. The van der Waals surface area contributed by atoms with Crippen molar-refractivity contribution >= 4 is 11.8 Å². The summed E-state index contributed by atoms with van der Waals surface area (Å²) in [5.41, 5.74) is 0. The molecule has 0 aliphatic carbocycles. The number of rotatable bonds is 3. The molecule has 0 unspecified atom stereocenters. The monoisotopic (exact) mass is 133 g/mol. The van der Waals surface area contributed by atoms with E-state index in [0.717, 1.165) is 6.54 Å². The van der Waals surface area contributed by atoms with E-state index >= 15 is 0 Å². The molecule has 1 N–H and O–H groups in total. The summed E-state index contributed by atoms with van der Waals surface area (Å²) in [6.45, 7) is 5.54. The Morgan fingerprint density at radius 3 is 2.12 bits per heavy atom. The van der Waals surface area contributed by atoms with Crippen molar-refractivity contribution in [2.45, 2.75) is 18.6 Å². The molecule has 8 heavy (non-hydrogen) atoms. The van der Waals surface area contributed by atoms with Gasteiger partial charge in [-0.15, -0.1) is 0 Å². The zero-order valence-corrected chi connectivity index (χ0v) is 6.93. The van der Waals surface area contributed by atoms with Gasteiger partial charge in [-0.25, -0.2) is 0 Å². The van der Waals surface area contributed by atoms with Crippen LogP contribution in [0.4, 0.5) is 0 Å². The van der Waals surface area contributed by atoms with Crippen LogP contribution in [0.25, 0.3) is 0 Å². The van der Waals surface area contributed by atoms with Gasteiger partial charge in [0.1, 0.15) is 0 Å². The van der Waals surface area contributed by atoms with Gasteiger partial charge in [-0.3, -0.25) is 0 Å². The average molecular weight is 133 g/mol. The molecule has 0 atom stereocenters. The molecule has 0 aliphatic heterocycles. The van der Waals surface area contributed by atoms with Crippen LogP contribution in [0.15, 0.2) is 0 Å². The largest absolute Gasteiger partial charge is 0.318 e. The van der Waals surface area contributed by atoms with Crippen LogP contribution in [-0.2, 0) is 0 Å². The molecule has 2 heteroatoms. The summed E-state index contributed by atoms with van der Waals surface area (Å²) in [4.78, 5) is 0. The lowest BCUT2D eigenvalue weighted by Crippen LogP contribution is -2.29. The van der Waals surface area contributed by atoms with E-state index in [2.05, 4.69) is 25.4 Å². The van der Waals surface area contributed by atoms with Gasteiger partial charge in [0, 0.05) is 11.3 Å². The normalized spacial score (nSPS) is 12.0. The molecule has 0 aromatic rings. The number of hydrogen-bond acceptors (Lipinski definition) is 2. The van der Waals surface area contributed by atoms with Crippen molar-refractivity contribution in [3.63, 3.8) is 0 Å². The maximum Gasteiger partial charge on any atom is 0.0225 e. The van der Waals surface area contributed by atoms with Crippen LogP contribution in [0.2, 0.25) is 0 Å². The van der Waals surface area contributed by atoms with Gasteiger partial charge in [0.15, 0.2) is 0 Å². The summed E-state index contributed by atoms with van der Waals surface area (Å²) in [6, 6.07) is 0. The van der Waals surface area contributed by atoms with Gasteiger partial charge < -0.3 is 5.32 Å². The van der Waals surface area contributed by atoms with Crippen molar-refractivity contribution in [1.29, 1.82) is 0 Å². The lowest BCUT2D eigenvalue weighted by Gasteiger charge is -2.20. The maximum atomic E-state index is 3.14. The molecular weight excluding hydrogens is 118 g/mol. The Bertz CT molecular complexity index is 61.5. The molecule has 0 amide bonds. The third-order valence-corrected chi connectivity index (χ3v) is 2.40. The minimum atomic E-state index is 0.398. The van der Waals surface area contributed by atoms with Crippen LogP contribution in [0.3, 0.4) is 0 Å². The summed E-state index contributed by atoms with van der Waals surface area (Å²) in [5.74, 6) is 0. The van der Waals surface area contributed by atoms with Crippen LogP contribution in [-0.4, -0.2) is 24.6 Å². The van der Waals surface area contributed by atoms with Gasteiger partial charge in [0.05, 0.1) is 0 Å². The third-order valence-electron chi connectivity index (χ3n) is 1.16. The van der Waals surface area contributed by atoms with Crippen molar-refractivity contribution in [2.75, 3.05) is 19.8 Å². The van der Waals surface area contributed by atoms with Gasteiger partial charge in [0.25, 0.3) is 0 Å². The molecule has 0 bridgehead atoms. The molecule has 0 spiro atoms. The van der Waals surface area contributed by atoms with E-state index in [1.807, 2.05) is 18.8 Å². The van der Waals surface area contributed by atoms with E-state index in [0.29, 0.717) is 4.75 Å². The van der Waals surface area contributed by atoms with E-state index < -0.39 is 0 Å². The molecule has 0 heterocycles. The Labute approximate surface area is 56.2 Å². The molecule has 0 aromatic carbocycles. The van der Waals surface area contributed by atoms with Crippen LogP contribution in [0.5, 0.6) is 0 Å². The predicted molar refractivity (Wildman–Crippen MR) is 41.5 cm³/mol. The Morgan fingerprint density at radius 1 is 1.50 bits per heavy atom. The van der Waals surface area contributed by atoms with Crippen LogP contribution < -0.4 is 5.32 Å². The highest BCUT2D eigenvalue weighted by Crippen LogP contribution is 2.18. The molecule has 0 rings (SSSR count). The fourth-order valence-corrected chi connectivity index (χ4v) is 0.787. The third kappa shape index (κ3) is 3.33. The zero-order valence-electron chi connectivity index (χ0n) is 6.12. The van der Waals surface area contributed by atoms with E-state index in [1.54, 1.807) is 0 Å². The minimum Gasteiger partial charge on any atom is -0.318 e. The molecule has 0 aliphatic rings. The first-order chi connectivity index (χ1) is 3.62. The van der Waals surface area contributed by atoms with E-state index in [4.69, 9.17) is 0 Å². The summed E-state index contributed by atoms with van der Waals surface area (Å²) in [7, 11) is 1.98. The first-order valence-electron chi connectivity index (χ1n) is 2.82. The lowest BCUT2D eigenvalue weighted by molar-refractivity contribution is 0.644. The topological polar surface area (TPSA) is 12.0 Å². The fourth-order valence-electron chi connectivity index (χ4n) is 0.498. The molecule has 0 saturated carbocycles. The van der Waals surface area contributed by atoms with E-state index in [1.165, 1.54) is 0 Å². The molecule has 0 saturated heterocycles. The highest BCUT2D eigenvalue weighted by molar-refractivity contribution is 7.99. The Kier molecular flexibility index (Phi) is 3.49. The maximum absolute atomic E-state index is 3.14. The Hall–Kier alpha value is 0.310. The zero-order chi connectivity index (χ0) is 6.62. The average Bonchev–Trinajstić information content (AvgIpc) is 1.67. The molecule has 50 valence electrons. The molecule has 0 fully saturated rings. The SMILES string of the molecule is CNCC(C)(C)SC. The summed E-state index contributed by atoms with van der Waals surface area (Å²) in [5, 5.41) is 3.14. The molecule has 1 nitrogen and oxygen atoms in total. The summed E-state index contributed by atoms with van der Waals surface area (Å²) >= 11 is 1.89. The van der Waals surface area contributed by atoms with Gasteiger partial charge in [0.2, 0.25) is 0 Å². The number of thioether (sulfide) groups is 1. The molecule has 0 radical (unpaired) electrons. The molecule has 0 aromatic heterocycles. The highest BCUT2D eigenvalue weighted by atomic mass is 32.2. The van der Waals surface area contributed by atoms with Crippen molar-refractivity contribution in [2.24, 2.45) is 0 Å². The van der Waals surface area contributed by atoms with E-state index in [-0.39, 0.29) is 0 Å². The second-order valence-corrected chi connectivity index (χ2v) is 4.01. The van der Waals surface area contributed by atoms with Gasteiger partial charge in [-0.1, -0.05) is 0 Å². The van der Waals surface area contributed by atoms with Crippen molar-refractivity contribution in [3.8, 4) is 0 Å². The van der Waals surface area contributed by atoms with Gasteiger partial charge in [-0.05, 0) is 27.2 Å². The standard InChI is InChI=1S/C6H15NS/c1-6(2,8-4)5-7-3/h7H,5H2,1-4H3. The fraction of sp³-hybridized carbons (Fsp3) is 1.00. The predicted octanol–water partition coefficient (Wildman–Crippen LogP) is 1.35. The number of hydrogen-bond donors (Lipinski definition) is 1. The smallest absolute Gasteiger partial charge is 0.0225 e. The van der Waals surface area contributed by atoms with Gasteiger partial charge in [-0.2, -0.15) is 11.8 Å². The lowest BCUT2D eigenvalue weighted by atomic mass is 10.2. The van der Waals surface area contributed by atoms with Crippen LogP contribution in [0, 0.1) is 0 Å². The quantitative estimate of drug-likeness (QED) is 0.623. The minimum absolute atomic E-state index is 0.398. The Morgan fingerprint density at radius 2 is 2.00 bits per heavy atom. The van der Waals surface area contributed by atoms with Gasteiger partial charge >= 0.3 is 0 Å². The van der Waals surface area contributed by atoms with E-state index in [9.17, 15) is 0 Å². The van der Waals surface area contributed by atoms with Crippen molar-refractivity contribution in [1.82, 2.24) is 5.32 Å².